The summed E-state index contributed by atoms with van der Waals surface area (Å²) in [5, 5.41) is 3.58. The lowest BCUT2D eigenvalue weighted by atomic mass is 10.3. The first-order valence-corrected chi connectivity index (χ1v) is 6.54. The molecule has 82 valence electrons. The summed E-state index contributed by atoms with van der Waals surface area (Å²) in [5.74, 6) is 0.799. The standard InChI is InChI=1S/C11H16N2OS/c1-2-9(1)11-12-10(8-15-11)7-13-3-5-14-6-4-13/h8-9H,1-7H2. The third kappa shape index (κ3) is 2.38. The number of thiazole rings is 1. The Hall–Kier alpha value is -0.450. The highest BCUT2D eigenvalue weighted by Crippen LogP contribution is 2.41. The number of rotatable bonds is 3. The van der Waals surface area contributed by atoms with Crippen LogP contribution in [0.2, 0.25) is 0 Å². The van der Waals surface area contributed by atoms with E-state index in [-0.39, 0.29) is 0 Å². The van der Waals surface area contributed by atoms with Gasteiger partial charge in [0.2, 0.25) is 0 Å². The van der Waals surface area contributed by atoms with Crippen LogP contribution in [0.5, 0.6) is 0 Å². The van der Waals surface area contributed by atoms with Gasteiger partial charge in [-0.1, -0.05) is 0 Å². The largest absolute Gasteiger partial charge is 0.379 e. The zero-order valence-corrected chi connectivity index (χ0v) is 9.63. The van der Waals surface area contributed by atoms with Gasteiger partial charge in [0.05, 0.1) is 23.9 Å². The summed E-state index contributed by atoms with van der Waals surface area (Å²) < 4.78 is 5.33. The highest BCUT2D eigenvalue weighted by Gasteiger charge is 2.26. The Labute approximate surface area is 94.1 Å². The van der Waals surface area contributed by atoms with Gasteiger partial charge in [-0.15, -0.1) is 11.3 Å². The van der Waals surface area contributed by atoms with Crippen LogP contribution in [-0.4, -0.2) is 36.2 Å². The Bertz CT molecular complexity index is 329. The highest BCUT2D eigenvalue weighted by molar-refractivity contribution is 7.09. The van der Waals surface area contributed by atoms with E-state index in [0.29, 0.717) is 0 Å². The van der Waals surface area contributed by atoms with Crippen LogP contribution in [0.1, 0.15) is 29.5 Å². The molecule has 0 unspecified atom stereocenters. The summed E-state index contributed by atoms with van der Waals surface area (Å²) >= 11 is 1.84. The molecule has 0 spiro atoms. The molecule has 2 fully saturated rings. The Morgan fingerprint density at radius 1 is 1.40 bits per heavy atom. The fourth-order valence-corrected chi connectivity index (χ4v) is 2.88. The van der Waals surface area contributed by atoms with Crippen molar-refractivity contribution in [1.82, 2.24) is 9.88 Å². The Morgan fingerprint density at radius 3 is 2.93 bits per heavy atom. The number of aromatic nitrogens is 1. The maximum atomic E-state index is 5.33. The lowest BCUT2D eigenvalue weighted by Gasteiger charge is -2.25. The zero-order chi connectivity index (χ0) is 10.1. The minimum absolute atomic E-state index is 0.799. The van der Waals surface area contributed by atoms with Gasteiger partial charge in [-0.05, 0) is 12.8 Å². The van der Waals surface area contributed by atoms with E-state index < -0.39 is 0 Å². The fourth-order valence-electron chi connectivity index (χ4n) is 1.90. The van der Waals surface area contributed by atoms with Gasteiger partial charge in [-0.2, -0.15) is 0 Å². The fraction of sp³-hybridized carbons (Fsp3) is 0.727. The second-order valence-corrected chi connectivity index (χ2v) is 5.23. The van der Waals surface area contributed by atoms with E-state index in [1.54, 1.807) is 0 Å². The summed E-state index contributed by atoms with van der Waals surface area (Å²) in [6, 6.07) is 0. The van der Waals surface area contributed by atoms with E-state index in [2.05, 4.69) is 10.3 Å². The van der Waals surface area contributed by atoms with Crippen LogP contribution in [-0.2, 0) is 11.3 Å². The zero-order valence-electron chi connectivity index (χ0n) is 8.82. The van der Waals surface area contributed by atoms with Gasteiger partial charge in [0.25, 0.3) is 0 Å². The van der Waals surface area contributed by atoms with Crippen LogP contribution in [0, 0.1) is 0 Å². The molecular formula is C11H16N2OS. The van der Waals surface area contributed by atoms with Gasteiger partial charge < -0.3 is 4.74 Å². The molecule has 15 heavy (non-hydrogen) atoms. The third-order valence-electron chi connectivity index (χ3n) is 2.99. The summed E-state index contributed by atoms with van der Waals surface area (Å²) in [5.41, 5.74) is 1.25. The van der Waals surface area contributed by atoms with Crippen LogP contribution < -0.4 is 0 Å². The second-order valence-electron chi connectivity index (χ2n) is 4.34. The van der Waals surface area contributed by atoms with Crippen molar-refractivity contribution in [2.75, 3.05) is 26.3 Å². The summed E-state index contributed by atoms with van der Waals surface area (Å²) in [7, 11) is 0. The van der Waals surface area contributed by atoms with Crippen LogP contribution in [0.3, 0.4) is 0 Å². The normalized spacial score (nSPS) is 23.2. The predicted molar refractivity (Wildman–Crippen MR) is 60.2 cm³/mol. The van der Waals surface area contributed by atoms with Gasteiger partial charge in [0.1, 0.15) is 0 Å². The van der Waals surface area contributed by atoms with Crippen molar-refractivity contribution >= 4 is 11.3 Å². The van der Waals surface area contributed by atoms with Crippen LogP contribution in [0.15, 0.2) is 5.38 Å². The number of ether oxygens (including phenoxy) is 1. The highest BCUT2D eigenvalue weighted by atomic mass is 32.1. The van der Waals surface area contributed by atoms with Crippen molar-refractivity contribution < 1.29 is 4.74 Å². The van der Waals surface area contributed by atoms with E-state index >= 15 is 0 Å². The molecule has 1 aromatic rings. The minimum atomic E-state index is 0.799. The van der Waals surface area contributed by atoms with Crippen LogP contribution in [0.4, 0.5) is 0 Å². The Morgan fingerprint density at radius 2 is 2.20 bits per heavy atom. The molecule has 3 rings (SSSR count). The van der Waals surface area contributed by atoms with Gasteiger partial charge >= 0.3 is 0 Å². The van der Waals surface area contributed by atoms with Gasteiger partial charge in [0, 0.05) is 30.9 Å². The van der Waals surface area contributed by atoms with Crippen molar-refractivity contribution in [1.29, 1.82) is 0 Å². The molecule has 1 aromatic heterocycles. The number of hydrogen-bond acceptors (Lipinski definition) is 4. The molecule has 3 nitrogen and oxygen atoms in total. The Balaban J connectivity index is 1.60. The maximum Gasteiger partial charge on any atom is 0.0959 e. The first kappa shape index (κ1) is 9.75. The molecule has 0 radical (unpaired) electrons. The van der Waals surface area contributed by atoms with E-state index in [1.165, 1.54) is 23.5 Å². The molecular weight excluding hydrogens is 208 g/mol. The average molecular weight is 224 g/mol. The summed E-state index contributed by atoms with van der Waals surface area (Å²) in [4.78, 5) is 7.13. The number of nitrogens with zero attached hydrogens (tertiary/aromatic N) is 2. The average Bonchev–Trinajstić information content (AvgIpc) is 3.02. The molecule has 0 atom stereocenters. The quantitative estimate of drug-likeness (QED) is 0.783. The molecule has 2 heterocycles. The van der Waals surface area contributed by atoms with Crippen molar-refractivity contribution in [3.63, 3.8) is 0 Å². The van der Waals surface area contributed by atoms with Crippen molar-refractivity contribution in [2.24, 2.45) is 0 Å². The molecule has 2 aliphatic rings. The monoisotopic (exact) mass is 224 g/mol. The second kappa shape index (κ2) is 4.20. The van der Waals surface area contributed by atoms with E-state index in [9.17, 15) is 0 Å². The molecule has 4 heteroatoms. The maximum absolute atomic E-state index is 5.33. The molecule has 1 aliphatic heterocycles. The summed E-state index contributed by atoms with van der Waals surface area (Å²) in [6.07, 6.45) is 2.70. The van der Waals surface area contributed by atoms with E-state index in [1.807, 2.05) is 11.3 Å². The van der Waals surface area contributed by atoms with Crippen molar-refractivity contribution in [3.8, 4) is 0 Å². The molecule has 0 bridgehead atoms. The number of morpholine rings is 1. The minimum Gasteiger partial charge on any atom is -0.379 e. The topological polar surface area (TPSA) is 25.4 Å². The molecule has 1 saturated carbocycles. The first-order valence-electron chi connectivity index (χ1n) is 5.66. The third-order valence-corrected chi connectivity index (χ3v) is 4.04. The van der Waals surface area contributed by atoms with Gasteiger partial charge in [-0.3, -0.25) is 4.90 Å². The lowest BCUT2D eigenvalue weighted by Crippen LogP contribution is -2.35. The van der Waals surface area contributed by atoms with Crippen LogP contribution in [0.25, 0.3) is 0 Å². The van der Waals surface area contributed by atoms with Crippen molar-refractivity contribution in [3.05, 3.63) is 16.1 Å². The molecule has 1 saturated heterocycles. The van der Waals surface area contributed by atoms with Crippen molar-refractivity contribution in [2.45, 2.75) is 25.3 Å². The first-order chi connectivity index (χ1) is 7.42. The molecule has 0 aromatic carbocycles. The smallest absolute Gasteiger partial charge is 0.0959 e. The SMILES string of the molecule is c1sc(C2CC2)nc1CN1CCOCC1. The molecule has 0 amide bonds. The van der Waals surface area contributed by atoms with E-state index in [0.717, 1.165) is 38.8 Å². The van der Waals surface area contributed by atoms with E-state index in [4.69, 9.17) is 9.72 Å². The Kier molecular flexibility index (Phi) is 2.73. The van der Waals surface area contributed by atoms with Gasteiger partial charge in [0.15, 0.2) is 0 Å². The number of hydrogen-bond donors (Lipinski definition) is 0. The van der Waals surface area contributed by atoms with Crippen LogP contribution >= 0.6 is 11.3 Å². The molecule has 0 N–H and O–H groups in total. The van der Waals surface area contributed by atoms with Gasteiger partial charge in [-0.25, -0.2) is 4.98 Å². The molecule has 1 aliphatic carbocycles. The predicted octanol–water partition coefficient (Wildman–Crippen LogP) is 1.85. The summed E-state index contributed by atoms with van der Waals surface area (Å²) in [6.45, 7) is 4.86. The lowest BCUT2D eigenvalue weighted by molar-refractivity contribution is 0.0337.